The van der Waals surface area contributed by atoms with E-state index in [-0.39, 0.29) is 22.6 Å². The van der Waals surface area contributed by atoms with Gasteiger partial charge in [-0.25, -0.2) is 9.07 Å². The average Bonchev–Trinajstić information content (AvgIpc) is 3.61. The molecule has 5 aromatic rings. The van der Waals surface area contributed by atoms with Gasteiger partial charge in [-0.05, 0) is 89.2 Å². The van der Waals surface area contributed by atoms with Crippen LogP contribution in [0.5, 0.6) is 0 Å². The lowest BCUT2D eigenvalue weighted by Gasteiger charge is -2.40. The largest absolute Gasteiger partial charge is 0.373 e. The van der Waals surface area contributed by atoms with Gasteiger partial charge < -0.3 is 20.9 Å². The lowest BCUT2D eigenvalue weighted by Crippen LogP contribution is -2.46. The first kappa shape index (κ1) is 37.4. The van der Waals surface area contributed by atoms with E-state index in [0.29, 0.717) is 38.6 Å². The number of piperidine rings is 1. The van der Waals surface area contributed by atoms with Crippen LogP contribution in [0, 0.1) is 17.1 Å². The molecule has 52 heavy (non-hydrogen) atoms. The number of nitrogens with one attached hydrogen (secondary N) is 3. The summed E-state index contributed by atoms with van der Waals surface area (Å²) < 4.78 is 16.0. The van der Waals surface area contributed by atoms with Gasteiger partial charge in [-0.15, -0.1) is 5.10 Å². The lowest BCUT2D eigenvalue weighted by atomic mass is 9.98. The Bertz CT molecular complexity index is 2060. The van der Waals surface area contributed by atoms with Crippen molar-refractivity contribution < 1.29 is 4.39 Å². The number of likely N-dealkylation sites (tertiary alicyclic amines) is 1. The smallest absolute Gasteiger partial charge is 0.141 e. The van der Waals surface area contributed by atoms with Crippen molar-refractivity contribution in [2.24, 2.45) is 0 Å². The number of fused-ring (bicyclic) bond motifs is 1. The van der Waals surface area contributed by atoms with E-state index in [1.807, 2.05) is 16.8 Å². The van der Waals surface area contributed by atoms with Gasteiger partial charge in [0.2, 0.25) is 0 Å². The van der Waals surface area contributed by atoms with E-state index in [0.717, 1.165) is 62.4 Å². The Hall–Kier alpha value is -4.31. The van der Waals surface area contributed by atoms with Gasteiger partial charge >= 0.3 is 0 Å². The zero-order chi connectivity index (χ0) is 37.0. The summed E-state index contributed by atoms with van der Waals surface area (Å²) in [6, 6.07) is 18.6. The fraction of sp³-hybridized carbons (Fsp3) is 0.385. The summed E-state index contributed by atoms with van der Waals surface area (Å²) in [5.74, 6) is -0.534. The minimum absolute atomic E-state index is 0.0342. The van der Waals surface area contributed by atoms with Gasteiger partial charge in [0.05, 0.1) is 45.1 Å². The predicted molar refractivity (Wildman–Crippen MR) is 208 cm³/mol. The molecule has 1 aliphatic rings. The third-order valence-electron chi connectivity index (χ3n) is 9.51. The molecule has 0 saturated carbocycles. The molecule has 0 spiro atoms. The molecule has 0 amide bonds. The molecule has 2 aromatic heterocycles. The number of anilines is 3. The van der Waals surface area contributed by atoms with Crippen LogP contribution in [0.1, 0.15) is 68.1 Å². The molecule has 1 atom stereocenters. The maximum atomic E-state index is 14.0. The Balaban J connectivity index is 1.36. The van der Waals surface area contributed by atoms with E-state index in [1.165, 1.54) is 18.3 Å². The fourth-order valence-electron chi connectivity index (χ4n) is 6.60. The molecular weight excluding hydrogens is 698 g/mol. The van der Waals surface area contributed by atoms with E-state index >= 15 is 0 Å². The summed E-state index contributed by atoms with van der Waals surface area (Å²) in [6.07, 6.45) is 5.52. The van der Waals surface area contributed by atoms with Crippen LogP contribution in [0.15, 0.2) is 67.0 Å². The molecule has 1 fully saturated rings. The number of likely N-dealkylation sites (N-methyl/N-ethyl adjacent to an activating group) is 1. The second-order valence-electron chi connectivity index (χ2n) is 14.6. The Morgan fingerprint density at radius 1 is 1.04 bits per heavy atom. The number of pyridine rings is 1. The summed E-state index contributed by atoms with van der Waals surface area (Å²) >= 11 is 13.0. The number of nitriles is 1. The number of hydrogen-bond donors (Lipinski definition) is 3. The van der Waals surface area contributed by atoms with Crippen LogP contribution in [0.3, 0.4) is 0 Å². The van der Waals surface area contributed by atoms with Crippen molar-refractivity contribution in [3.63, 3.8) is 0 Å². The number of halogens is 3. The molecule has 3 aromatic carbocycles. The molecule has 10 nitrogen and oxygen atoms in total. The standard InChI is InChI=1S/C39H45Cl2FN10/c1-39(2,3)51-14-11-30(12-15-51)52-24-35(48-49-52)37(26-8-6-7-25(17-26)22-44-13-16-50(4)5)47-29-18-31-36(46-28-9-10-34(42)32(40)19-28)27(21-43)23-45-38(31)33(41)20-29/h6-10,17-20,23-24,30,37,44,47H,11-16,22H2,1-5H3,(H,45,46)/t37-/m0/s1. The van der Waals surface area contributed by atoms with Crippen LogP contribution in [-0.2, 0) is 6.54 Å². The molecule has 0 unspecified atom stereocenters. The number of benzene rings is 3. The molecule has 272 valence electrons. The molecule has 1 saturated heterocycles. The summed E-state index contributed by atoms with van der Waals surface area (Å²) in [5.41, 5.74) is 5.57. The zero-order valence-corrected chi connectivity index (χ0v) is 31.7. The Kier molecular flexibility index (Phi) is 11.6. The molecule has 13 heteroatoms. The SMILES string of the molecule is CN(C)CCNCc1cccc([C@H](Nc2cc(Cl)c3ncc(C#N)c(Nc4ccc(F)c(Cl)c4)c3c2)c2cn(C3CCN(C(C)(C)C)CC3)nn2)c1. The van der Waals surface area contributed by atoms with Gasteiger partial charge in [0, 0.05) is 61.2 Å². The fourth-order valence-corrected chi connectivity index (χ4v) is 7.04. The summed E-state index contributed by atoms with van der Waals surface area (Å²) in [7, 11) is 4.13. The van der Waals surface area contributed by atoms with Crippen molar-refractivity contribution >= 4 is 51.2 Å². The normalized spacial score (nSPS) is 14.8. The van der Waals surface area contributed by atoms with Gasteiger partial charge in [-0.1, -0.05) is 52.7 Å². The van der Waals surface area contributed by atoms with Crippen LogP contribution in [-0.4, -0.2) is 75.6 Å². The lowest BCUT2D eigenvalue weighted by molar-refractivity contribution is 0.0866. The molecule has 1 aliphatic heterocycles. The molecule has 0 radical (unpaired) electrons. The first-order chi connectivity index (χ1) is 24.9. The minimum Gasteiger partial charge on any atom is -0.373 e. The topological polar surface area (TPSA) is 110 Å². The Morgan fingerprint density at radius 3 is 2.52 bits per heavy atom. The second-order valence-corrected chi connectivity index (χ2v) is 15.4. The van der Waals surface area contributed by atoms with Gasteiger partial charge in [-0.2, -0.15) is 5.26 Å². The van der Waals surface area contributed by atoms with Gasteiger partial charge in [0.25, 0.3) is 0 Å². The quantitative estimate of drug-likeness (QED) is 0.109. The van der Waals surface area contributed by atoms with Crippen LogP contribution in [0.25, 0.3) is 10.9 Å². The van der Waals surface area contributed by atoms with E-state index in [1.54, 1.807) is 6.07 Å². The molecule has 3 heterocycles. The van der Waals surface area contributed by atoms with Crippen molar-refractivity contribution in [2.45, 2.75) is 57.8 Å². The first-order valence-corrected chi connectivity index (χ1v) is 18.3. The minimum atomic E-state index is -0.534. The van der Waals surface area contributed by atoms with Crippen LogP contribution in [0.4, 0.5) is 21.5 Å². The maximum absolute atomic E-state index is 14.0. The highest BCUT2D eigenvalue weighted by molar-refractivity contribution is 6.36. The number of aromatic nitrogens is 4. The maximum Gasteiger partial charge on any atom is 0.141 e. The first-order valence-electron chi connectivity index (χ1n) is 17.5. The highest BCUT2D eigenvalue weighted by Crippen LogP contribution is 2.37. The number of nitrogens with zero attached hydrogens (tertiary/aromatic N) is 7. The molecule has 6 rings (SSSR count). The van der Waals surface area contributed by atoms with Crippen LogP contribution in [0.2, 0.25) is 10.0 Å². The van der Waals surface area contributed by atoms with Gasteiger partial charge in [0.1, 0.15) is 17.6 Å². The van der Waals surface area contributed by atoms with E-state index < -0.39 is 5.82 Å². The van der Waals surface area contributed by atoms with Crippen molar-refractivity contribution in [3.05, 3.63) is 105 Å². The van der Waals surface area contributed by atoms with E-state index in [2.05, 4.69) is 107 Å². The molecule has 0 aliphatic carbocycles. The average molecular weight is 744 g/mol. The monoisotopic (exact) mass is 742 g/mol. The van der Waals surface area contributed by atoms with Crippen LogP contribution < -0.4 is 16.0 Å². The number of hydrogen-bond acceptors (Lipinski definition) is 9. The summed E-state index contributed by atoms with van der Waals surface area (Å²) in [5, 5.41) is 30.9. The Labute approximate surface area is 314 Å². The van der Waals surface area contributed by atoms with Crippen LogP contribution >= 0.6 is 23.2 Å². The predicted octanol–water partition coefficient (Wildman–Crippen LogP) is 8.18. The summed E-state index contributed by atoms with van der Waals surface area (Å²) in [6.45, 7) is 11.3. The van der Waals surface area contributed by atoms with Crippen molar-refractivity contribution in [1.82, 2.24) is 35.1 Å². The van der Waals surface area contributed by atoms with Crippen molar-refractivity contribution in [1.29, 1.82) is 5.26 Å². The highest BCUT2D eigenvalue weighted by Gasteiger charge is 2.29. The van der Waals surface area contributed by atoms with E-state index in [9.17, 15) is 9.65 Å². The third-order valence-corrected chi connectivity index (χ3v) is 10.1. The molecule has 3 N–H and O–H groups in total. The molecular formula is C39H45Cl2FN10. The summed E-state index contributed by atoms with van der Waals surface area (Å²) in [4.78, 5) is 9.18. The zero-order valence-electron chi connectivity index (χ0n) is 30.2. The van der Waals surface area contributed by atoms with Crippen molar-refractivity contribution in [3.8, 4) is 6.07 Å². The van der Waals surface area contributed by atoms with E-state index in [4.69, 9.17) is 28.3 Å². The highest BCUT2D eigenvalue weighted by atomic mass is 35.5. The second kappa shape index (κ2) is 16.1. The van der Waals surface area contributed by atoms with Crippen molar-refractivity contribution in [2.75, 3.05) is 50.9 Å². The Morgan fingerprint density at radius 2 is 1.81 bits per heavy atom. The van der Waals surface area contributed by atoms with Gasteiger partial charge in [0.15, 0.2) is 0 Å². The number of rotatable bonds is 12. The third kappa shape index (κ3) is 8.82. The molecule has 0 bridgehead atoms. The van der Waals surface area contributed by atoms with Gasteiger partial charge in [-0.3, -0.25) is 9.88 Å².